The SMILES string of the molecule is CC(C)n1cnc2cc(-c3ccc4c(c3)N(C3CC(N5CCCCC5)C3)C(=O)C43CCN(C(=O)C4CCC(C(=O)N5CCC(N(C)c6ccc(C7CCC(=O)NC7=O)cc6)CC5)CC4)CC3)nc(Nc3ccncc3F)c21. The lowest BCUT2D eigenvalue weighted by Crippen LogP contribution is -2.58. The van der Waals surface area contributed by atoms with Gasteiger partial charge in [-0.05, 0) is 152 Å². The Morgan fingerprint density at radius 3 is 2.16 bits per heavy atom. The van der Waals surface area contributed by atoms with Crippen molar-refractivity contribution in [2.24, 2.45) is 11.8 Å². The monoisotopic (exact) mass is 1050 g/mol. The minimum Gasteiger partial charge on any atom is -0.371 e. The zero-order valence-electron chi connectivity index (χ0n) is 44.8. The number of nitrogens with one attached hydrogen (secondary N) is 2. The van der Waals surface area contributed by atoms with Crippen LogP contribution in [0, 0.1) is 17.7 Å². The largest absolute Gasteiger partial charge is 0.371 e. The van der Waals surface area contributed by atoms with Crippen LogP contribution in [0.3, 0.4) is 0 Å². The highest BCUT2D eigenvalue weighted by Gasteiger charge is 2.56. The molecular weight excluding hydrogens is 974 g/mol. The Labute approximate surface area is 450 Å². The number of anilines is 4. The van der Waals surface area contributed by atoms with Gasteiger partial charge in [0, 0.05) is 98.8 Å². The fraction of sp³-hybridized carbons (Fsp3) is 0.533. The van der Waals surface area contributed by atoms with Crippen LogP contribution in [0.4, 0.5) is 27.3 Å². The maximum absolute atomic E-state index is 15.3. The first-order valence-corrected chi connectivity index (χ1v) is 28.5. The van der Waals surface area contributed by atoms with Crippen LogP contribution in [-0.4, -0.2) is 128 Å². The van der Waals surface area contributed by atoms with Gasteiger partial charge in [0.2, 0.25) is 29.5 Å². The van der Waals surface area contributed by atoms with E-state index in [1.807, 2.05) is 44.7 Å². The molecule has 5 amide bonds. The van der Waals surface area contributed by atoms with E-state index in [9.17, 15) is 19.2 Å². The smallest absolute Gasteiger partial charge is 0.238 e. The predicted octanol–water partition coefficient (Wildman–Crippen LogP) is 8.63. The summed E-state index contributed by atoms with van der Waals surface area (Å²) in [6.45, 7) is 8.78. The fourth-order valence-corrected chi connectivity index (χ4v) is 14.1. The van der Waals surface area contributed by atoms with Crippen LogP contribution in [0.5, 0.6) is 0 Å². The highest BCUT2D eigenvalue weighted by molar-refractivity contribution is 6.09. The van der Waals surface area contributed by atoms with Crippen molar-refractivity contribution < 1.29 is 28.4 Å². The highest BCUT2D eigenvalue weighted by atomic mass is 19.1. The van der Waals surface area contributed by atoms with Crippen molar-refractivity contribution in [2.75, 3.05) is 61.4 Å². The van der Waals surface area contributed by atoms with Crippen molar-refractivity contribution in [3.05, 3.63) is 90.3 Å². The van der Waals surface area contributed by atoms with Gasteiger partial charge in [-0.1, -0.05) is 30.7 Å². The number of nitrogens with zero attached hydrogens (tertiary/aromatic N) is 9. The van der Waals surface area contributed by atoms with Gasteiger partial charge in [0.05, 0.1) is 40.8 Å². The third-order valence-corrected chi connectivity index (χ3v) is 18.8. The second kappa shape index (κ2) is 20.9. The standard InChI is InChI=1S/C60H72FN11O5/c1-37(2)71-36-63-51-34-50(65-55(54(51)71)64-49-19-24-62-35-48(49)61)41-13-17-47-52(31-41)72(45-32-44(33-45)68-25-5-4-6-26-68)59(77)60(47)22-29-70(30-23-60)58(76)40-9-7-39(8-10-40)57(75)69-27-20-43(21-28-69)67(3)42-14-11-38(12-15-42)46-16-18-53(73)66-56(46)74/h11-15,17,19,24,31,34-37,39-40,43-46H,4-10,16,18,20-23,25-30,32-33H2,1-3H3,(H,62,64,65)(H,66,73,74). The Hall–Kier alpha value is -6.75. The van der Waals surface area contributed by atoms with Gasteiger partial charge in [-0.3, -0.25) is 34.3 Å². The topological polar surface area (TPSA) is 169 Å². The molecule has 3 aromatic heterocycles. The number of benzene rings is 2. The number of hydrogen-bond acceptors (Lipinski definition) is 11. The Bertz CT molecular complexity index is 3070. The summed E-state index contributed by atoms with van der Waals surface area (Å²) in [5, 5.41) is 5.71. The Morgan fingerprint density at radius 1 is 0.805 bits per heavy atom. The van der Waals surface area contributed by atoms with Crippen LogP contribution in [0.2, 0.25) is 0 Å². The van der Waals surface area contributed by atoms with Crippen molar-refractivity contribution in [3.8, 4) is 11.3 Å². The summed E-state index contributed by atoms with van der Waals surface area (Å²) >= 11 is 0. The normalized spacial score (nSPS) is 25.0. The molecule has 8 heterocycles. The van der Waals surface area contributed by atoms with E-state index in [0.717, 1.165) is 77.9 Å². The molecule has 0 radical (unpaired) electrons. The number of hydrogen-bond donors (Lipinski definition) is 2. The second-order valence-electron chi connectivity index (χ2n) is 23.5. The van der Waals surface area contributed by atoms with E-state index >= 15 is 9.18 Å². The molecule has 77 heavy (non-hydrogen) atoms. The third-order valence-electron chi connectivity index (χ3n) is 18.8. The average Bonchev–Trinajstić information content (AvgIpc) is 4.20. The maximum atomic E-state index is 15.3. The van der Waals surface area contributed by atoms with Gasteiger partial charge >= 0.3 is 0 Å². The first kappa shape index (κ1) is 51.0. The molecule has 2 saturated carbocycles. The fourth-order valence-electron chi connectivity index (χ4n) is 14.1. The van der Waals surface area contributed by atoms with Crippen LogP contribution >= 0.6 is 0 Å². The van der Waals surface area contributed by atoms with Gasteiger partial charge in [0.1, 0.15) is 5.52 Å². The number of pyridine rings is 2. The van der Waals surface area contributed by atoms with E-state index in [4.69, 9.17) is 9.97 Å². The molecule has 12 rings (SSSR count). The quantitative estimate of drug-likeness (QED) is 0.122. The number of rotatable bonds is 11. The Morgan fingerprint density at radius 2 is 1.49 bits per heavy atom. The third kappa shape index (κ3) is 9.53. The van der Waals surface area contributed by atoms with Gasteiger partial charge in [0.15, 0.2) is 11.6 Å². The summed E-state index contributed by atoms with van der Waals surface area (Å²) in [5.74, 6) is -0.466. The summed E-state index contributed by atoms with van der Waals surface area (Å²) in [5.41, 5.74) is 6.45. The van der Waals surface area contributed by atoms with Gasteiger partial charge in [0.25, 0.3) is 0 Å². The van der Waals surface area contributed by atoms with E-state index in [-0.39, 0.29) is 71.1 Å². The Kier molecular flexibility index (Phi) is 13.8. The van der Waals surface area contributed by atoms with E-state index < -0.39 is 11.2 Å². The van der Waals surface area contributed by atoms with Gasteiger partial charge in [-0.2, -0.15) is 0 Å². The number of likely N-dealkylation sites (tertiary alicyclic amines) is 3. The van der Waals surface area contributed by atoms with E-state index in [1.54, 1.807) is 18.6 Å². The van der Waals surface area contributed by atoms with Crippen LogP contribution in [-0.2, 0) is 29.4 Å². The molecule has 2 aliphatic carbocycles. The van der Waals surface area contributed by atoms with Crippen molar-refractivity contribution in [2.45, 2.75) is 146 Å². The number of piperidine rings is 4. The molecule has 4 saturated heterocycles. The molecule has 16 nitrogen and oxygen atoms in total. The lowest BCUT2D eigenvalue weighted by molar-refractivity contribution is -0.143. The van der Waals surface area contributed by atoms with Crippen molar-refractivity contribution in [3.63, 3.8) is 0 Å². The van der Waals surface area contributed by atoms with Gasteiger partial charge in [-0.15, -0.1) is 0 Å². The summed E-state index contributed by atoms with van der Waals surface area (Å²) in [6.07, 6.45) is 16.6. The average molecular weight is 1050 g/mol. The molecule has 404 valence electrons. The molecule has 17 heteroatoms. The number of halogens is 1. The molecule has 2 aromatic carbocycles. The summed E-state index contributed by atoms with van der Waals surface area (Å²) < 4.78 is 17.1. The Balaban J connectivity index is 0.701. The number of fused-ring (bicyclic) bond motifs is 3. The number of imidazole rings is 1. The summed E-state index contributed by atoms with van der Waals surface area (Å²) in [6, 6.07) is 18.9. The van der Waals surface area contributed by atoms with Crippen LogP contribution in [0.1, 0.15) is 133 Å². The summed E-state index contributed by atoms with van der Waals surface area (Å²) in [7, 11) is 2.09. The number of carbonyl (C=O) groups excluding carboxylic acids is 5. The first-order valence-electron chi connectivity index (χ1n) is 28.5. The molecule has 5 aromatic rings. The summed E-state index contributed by atoms with van der Waals surface area (Å²) in [4.78, 5) is 92.6. The molecule has 1 atom stereocenters. The van der Waals surface area contributed by atoms with Crippen molar-refractivity contribution in [1.82, 2.24) is 39.5 Å². The number of amides is 5. The van der Waals surface area contributed by atoms with Crippen molar-refractivity contribution >= 4 is 63.4 Å². The van der Waals surface area contributed by atoms with E-state index in [0.29, 0.717) is 95.1 Å². The zero-order chi connectivity index (χ0) is 53.1. The van der Waals surface area contributed by atoms with Crippen LogP contribution in [0.15, 0.2) is 73.3 Å². The van der Waals surface area contributed by atoms with Crippen LogP contribution < -0.4 is 20.4 Å². The number of imide groups is 1. The molecule has 6 fully saturated rings. The lowest BCUT2D eigenvalue weighted by Gasteiger charge is -2.48. The van der Waals surface area contributed by atoms with Crippen LogP contribution in [0.25, 0.3) is 22.3 Å². The second-order valence-corrected chi connectivity index (χ2v) is 23.5. The minimum absolute atomic E-state index is 0.0789. The molecule has 5 aliphatic heterocycles. The molecule has 2 N–H and O–H groups in total. The highest BCUT2D eigenvalue weighted by Crippen LogP contribution is 2.53. The van der Waals surface area contributed by atoms with E-state index in [2.05, 4.69) is 69.4 Å². The van der Waals surface area contributed by atoms with Gasteiger partial charge in [-0.25, -0.2) is 14.4 Å². The zero-order valence-corrected chi connectivity index (χ0v) is 44.8. The molecule has 7 aliphatic rings. The predicted molar refractivity (Wildman–Crippen MR) is 293 cm³/mol. The van der Waals surface area contributed by atoms with E-state index in [1.165, 1.54) is 25.5 Å². The molecule has 1 spiro atoms. The van der Waals surface area contributed by atoms with Crippen molar-refractivity contribution in [1.29, 1.82) is 0 Å². The lowest BCUT2D eigenvalue weighted by atomic mass is 9.72. The number of carbonyl (C=O) groups is 5. The minimum atomic E-state index is -0.742. The molecule has 1 unspecified atom stereocenters. The maximum Gasteiger partial charge on any atom is 0.238 e. The molecular formula is C60H72FN11O5. The van der Waals surface area contributed by atoms with Gasteiger partial charge < -0.3 is 34.4 Å². The molecule has 0 bridgehead atoms. The first-order chi connectivity index (χ1) is 37.3. The number of aromatic nitrogens is 4.